The first kappa shape index (κ1) is 18.1. The Labute approximate surface area is 170 Å². The number of nitrogens with zero attached hydrogens (tertiary/aromatic N) is 4. The second kappa shape index (κ2) is 7.85. The minimum absolute atomic E-state index is 0.0140. The molecule has 3 heterocycles. The van der Waals surface area contributed by atoms with Crippen LogP contribution in [-0.2, 0) is 0 Å². The van der Waals surface area contributed by atoms with Gasteiger partial charge in [0.25, 0.3) is 0 Å². The molecule has 0 spiro atoms. The van der Waals surface area contributed by atoms with Crippen molar-refractivity contribution in [3.8, 4) is 5.69 Å². The number of aromatic nitrogens is 2. The average molecular weight is 390 g/mol. The summed E-state index contributed by atoms with van der Waals surface area (Å²) in [5.41, 5.74) is 2.85. The molecule has 0 bridgehead atoms. The van der Waals surface area contributed by atoms with Crippen LogP contribution in [0.5, 0.6) is 0 Å². The summed E-state index contributed by atoms with van der Waals surface area (Å²) in [6.45, 7) is 5.86. The average Bonchev–Trinajstić information content (AvgIpc) is 3.43. The molecule has 2 aromatic carbocycles. The van der Waals surface area contributed by atoms with E-state index in [1.165, 1.54) is 0 Å². The molecule has 2 aliphatic heterocycles. The molecule has 1 aromatic heterocycles. The molecule has 1 atom stereocenters. The van der Waals surface area contributed by atoms with Crippen molar-refractivity contribution >= 4 is 22.6 Å². The summed E-state index contributed by atoms with van der Waals surface area (Å²) in [6, 6.07) is 16.5. The third-order valence-corrected chi connectivity index (χ3v) is 5.96. The van der Waals surface area contributed by atoms with Crippen LogP contribution in [-0.4, -0.2) is 70.9 Å². The Morgan fingerprint density at radius 2 is 1.83 bits per heavy atom. The summed E-state index contributed by atoms with van der Waals surface area (Å²) in [4.78, 5) is 17.1. The third-order valence-electron chi connectivity index (χ3n) is 5.96. The van der Waals surface area contributed by atoms with Gasteiger partial charge >= 0.3 is 6.03 Å². The first-order valence-electron chi connectivity index (χ1n) is 10.3. The molecule has 2 fully saturated rings. The van der Waals surface area contributed by atoms with Gasteiger partial charge in [0.2, 0.25) is 0 Å². The van der Waals surface area contributed by atoms with Gasteiger partial charge in [-0.25, -0.2) is 9.48 Å². The molecule has 7 nitrogen and oxygen atoms in total. The van der Waals surface area contributed by atoms with Gasteiger partial charge in [0.05, 0.1) is 17.4 Å². The molecule has 2 aliphatic rings. The SMILES string of the molecule is O=C(Nc1ccc(-n2ncc3ccccc32)cc1)N1CCC(N2CCNCC2)C1. The Kier molecular flexibility index (Phi) is 4.91. The molecule has 0 saturated carbocycles. The van der Waals surface area contributed by atoms with Gasteiger partial charge < -0.3 is 15.5 Å². The van der Waals surface area contributed by atoms with E-state index in [0.717, 1.165) is 68.0 Å². The Morgan fingerprint density at radius 1 is 1.03 bits per heavy atom. The number of rotatable bonds is 3. The van der Waals surface area contributed by atoms with Gasteiger partial charge in [0, 0.05) is 56.4 Å². The molecule has 2 amide bonds. The number of para-hydroxylation sites is 1. The van der Waals surface area contributed by atoms with Crippen LogP contribution < -0.4 is 10.6 Å². The lowest BCUT2D eigenvalue weighted by atomic mass is 10.2. The van der Waals surface area contributed by atoms with Crippen molar-refractivity contribution in [2.45, 2.75) is 12.5 Å². The number of fused-ring (bicyclic) bond motifs is 1. The predicted molar refractivity (Wildman–Crippen MR) is 115 cm³/mol. The van der Waals surface area contributed by atoms with E-state index in [1.54, 1.807) is 0 Å². The Morgan fingerprint density at radius 3 is 2.66 bits per heavy atom. The molecule has 5 rings (SSSR count). The van der Waals surface area contributed by atoms with E-state index in [1.807, 2.05) is 52.2 Å². The summed E-state index contributed by atoms with van der Waals surface area (Å²) >= 11 is 0. The van der Waals surface area contributed by atoms with Gasteiger partial charge in [-0.05, 0) is 36.8 Å². The summed E-state index contributed by atoms with van der Waals surface area (Å²) in [7, 11) is 0. The van der Waals surface area contributed by atoms with Gasteiger partial charge in [0.1, 0.15) is 0 Å². The number of carbonyl (C=O) groups excluding carboxylic acids is 1. The van der Waals surface area contributed by atoms with Crippen molar-refractivity contribution in [1.29, 1.82) is 0 Å². The van der Waals surface area contributed by atoms with Gasteiger partial charge in [-0.1, -0.05) is 18.2 Å². The monoisotopic (exact) mass is 390 g/mol. The number of piperazine rings is 1. The second-order valence-corrected chi connectivity index (χ2v) is 7.77. The quantitative estimate of drug-likeness (QED) is 0.721. The normalized spacial score (nSPS) is 20.3. The number of amides is 2. The summed E-state index contributed by atoms with van der Waals surface area (Å²) in [5, 5.41) is 12.0. The summed E-state index contributed by atoms with van der Waals surface area (Å²) in [5.74, 6) is 0. The zero-order valence-corrected chi connectivity index (χ0v) is 16.4. The fraction of sp³-hybridized carbons (Fsp3) is 0.364. The number of hydrogen-bond donors (Lipinski definition) is 2. The van der Waals surface area contributed by atoms with Crippen molar-refractivity contribution in [2.24, 2.45) is 0 Å². The van der Waals surface area contributed by atoms with Gasteiger partial charge in [-0.15, -0.1) is 0 Å². The van der Waals surface area contributed by atoms with E-state index >= 15 is 0 Å². The third kappa shape index (κ3) is 3.71. The number of urea groups is 1. The van der Waals surface area contributed by atoms with Crippen LogP contribution in [0.15, 0.2) is 54.7 Å². The lowest BCUT2D eigenvalue weighted by molar-refractivity contribution is 0.172. The van der Waals surface area contributed by atoms with Crippen LogP contribution in [0.25, 0.3) is 16.6 Å². The number of carbonyl (C=O) groups is 1. The van der Waals surface area contributed by atoms with E-state index < -0.39 is 0 Å². The molecular weight excluding hydrogens is 364 g/mol. The van der Waals surface area contributed by atoms with Crippen molar-refractivity contribution < 1.29 is 4.79 Å². The zero-order valence-electron chi connectivity index (χ0n) is 16.4. The van der Waals surface area contributed by atoms with Crippen molar-refractivity contribution in [3.05, 3.63) is 54.7 Å². The molecule has 0 aliphatic carbocycles. The lowest BCUT2D eigenvalue weighted by Gasteiger charge is -2.32. The van der Waals surface area contributed by atoms with Gasteiger partial charge in [-0.3, -0.25) is 4.90 Å². The maximum Gasteiger partial charge on any atom is 0.321 e. The lowest BCUT2D eigenvalue weighted by Crippen LogP contribution is -2.49. The Balaban J connectivity index is 1.22. The fourth-order valence-electron chi connectivity index (χ4n) is 4.34. The highest BCUT2D eigenvalue weighted by atomic mass is 16.2. The van der Waals surface area contributed by atoms with Crippen LogP contribution >= 0.6 is 0 Å². The molecule has 3 aromatic rings. The van der Waals surface area contributed by atoms with Crippen LogP contribution in [0.1, 0.15) is 6.42 Å². The van der Waals surface area contributed by atoms with Crippen molar-refractivity contribution in [3.63, 3.8) is 0 Å². The number of hydrogen-bond acceptors (Lipinski definition) is 4. The molecule has 2 saturated heterocycles. The first-order valence-corrected chi connectivity index (χ1v) is 10.3. The first-order chi connectivity index (χ1) is 14.3. The molecular formula is C22H26N6O. The highest BCUT2D eigenvalue weighted by Gasteiger charge is 2.30. The van der Waals surface area contributed by atoms with E-state index in [0.29, 0.717) is 6.04 Å². The summed E-state index contributed by atoms with van der Waals surface area (Å²) < 4.78 is 1.92. The molecule has 2 N–H and O–H groups in total. The van der Waals surface area contributed by atoms with Crippen LogP contribution in [0.3, 0.4) is 0 Å². The number of likely N-dealkylation sites (tertiary alicyclic amines) is 1. The smallest absolute Gasteiger partial charge is 0.321 e. The minimum atomic E-state index is -0.0140. The number of benzene rings is 2. The summed E-state index contributed by atoms with van der Waals surface area (Å²) in [6.07, 6.45) is 2.92. The van der Waals surface area contributed by atoms with E-state index in [-0.39, 0.29) is 6.03 Å². The van der Waals surface area contributed by atoms with E-state index in [4.69, 9.17) is 0 Å². The maximum atomic E-state index is 12.7. The highest BCUT2D eigenvalue weighted by molar-refractivity contribution is 5.89. The maximum absolute atomic E-state index is 12.7. The Hall–Kier alpha value is -2.90. The standard InChI is InChI=1S/C22H26N6O/c29-22(27-12-9-20(16-27)26-13-10-23-11-14-26)25-18-5-7-19(8-6-18)28-21-4-2-1-3-17(21)15-24-28/h1-8,15,20,23H,9-14,16H2,(H,25,29). The zero-order chi connectivity index (χ0) is 19.6. The van der Waals surface area contributed by atoms with Crippen molar-refractivity contribution in [1.82, 2.24) is 24.9 Å². The number of nitrogens with one attached hydrogen (secondary N) is 2. The second-order valence-electron chi connectivity index (χ2n) is 7.77. The van der Waals surface area contributed by atoms with Gasteiger partial charge in [-0.2, -0.15) is 5.10 Å². The number of anilines is 1. The largest absolute Gasteiger partial charge is 0.323 e. The molecule has 150 valence electrons. The van der Waals surface area contributed by atoms with Crippen LogP contribution in [0, 0.1) is 0 Å². The molecule has 7 heteroatoms. The van der Waals surface area contributed by atoms with E-state index in [2.05, 4.69) is 32.8 Å². The highest BCUT2D eigenvalue weighted by Crippen LogP contribution is 2.21. The molecule has 0 radical (unpaired) electrons. The molecule has 29 heavy (non-hydrogen) atoms. The predicted octanol–water partition coefficient (Wildman–Crippen LogP) is 2.54. The van der Waals surface area contributed by atoms with Gasteiger partial charge in [0.15, 0.2) is 0 Å². The van der Waals surface area contributed by atoms with E-state index in [9.17, 15) is 4.79 Å². The van der Waals surface area contributed by atoms with Crippen molar-refractivity contribution in [2.75, 3.05) is 44.6 Å². The fourth-order valence-corrected chi connectivity index (χ4v) is 4.34. The van der Waals surface area contributed by atoms with Crippen LogP contribution in [0.4, 0.5) is 10.5 Å². The molecule has 1 unspecified atom stereocenters. The topological polar surface area (TPSA) is 65.4 Å². The Bertz CT molecular complexity index is 992. The van der Waals surface area contributed by atoms with Crippen LogP contribution in [0.2, 0.25) is 0 Å². The minimum Gasteiger partial charge on any atom is -0.323 e.